The van der Waals surface area contributed by atoms with Gasteiger partial charge >= 0.3 is 6.09 Å². The van der Waals surface area contributed by atoms with E-state index in [4.69, 9.17) is 9.47 Å². The normalized spacial score (nSPS) is 20.2. The van der Waals surface area contributed by atoms with Crippen molar-refractivity contribution in [2.45, 2.75) is 18.6 Å². The lowest BCUT2D eigenvalue weighted by Crippen LogP contribution is -2.54. The average Bonchev–Trinajstić information content (AvgIpc) is 2.29. The largest absolute Gasteiger partial charge is 0.452 e. The first-order chi connectivity index (χ1) is 7.08. The molecule has 1 rings (SSSR count). The quantitative estimate of drug-likeness (QED) is 0.625. The monoisotopic (exact) mass is 217 g/mol. The predicted molar refractivity (Wildman–Crippen MR) is 50.1 cm³/mol. The number of carbonyl (C=O) groups excluding carboxylic acids is 2. The molecular formula is C9H15NO5. The molecule has 0 saturated carbocycles. The second-order valence-electron chi connectivity index (χ2n) is 3.27. The van der Waals surface area contributed by atoms with E-state index < -0.39 is 11.9 Å². The van der Waals surface area contributed by atoms with Gasteiger partial charge < -0.3 is 14.2 Å². The Morgan fingerprint density at radius 2 is 1.93 bits per heavy atom. The number of methoxy groups -OCH3 is 3. The third kappa shape index (κ3) is 2.27. The zero-order valence-electron chi connectivity index (χ0n) is 9.11. The zero-order valence-corrected chi connectivity index (χ0v) is 9.11. The maximum Gasteiger partial charge on any atom is 0.416 e. The van der Waals surface area contributed by atoms with Gasteiger partial charge in [-0.15, -0.1) is 0 Å². The van der Waals surface area contributed by atoms with E-state index in [2.05, 4.69) is 4.74 Å². The molecule has 0 N–H and O–H groups in total. The smallest absolute Gasteiger partial charge is 0.416 e. The Labute approximate surface area is 88.1 Å². The van der Waals surface area contributed by atoms with Gasteiger partial charge in [-0.3, -0.25) is 4.79 Å². The minimum absolute atomic E-state index is 0.0610. The van der Waals surface area contributed by atoms with E-state index >= 15 is 0 Å². The molecule has 6 nitrogen and oxygen atoms in total. The predicted octanol–water partition coefficient (Wildman–Crippen LogP) is 0.364. The molecule has 1 saturated heterocycles. The van der Waals surface area contributed by atoms with Crippen LogP contribution in [0.4, 0.5) is 4.79 Å². The van der Waals surface area contributed by atoms with Crippen LogP contribution in [-0.4, -0.2) is 50.6 Å². The number of amides is 2. The van der Waals surface area contributed by atoms with E-state index in [1.165, 1.54) is 21.3 Å². The van der Waals surface area contributed by atoms with Gasteiger partial charge in [0.25, 0.3) is 0 Å². The summed E-state index contributed by atoms with van der Waals surface area (Å²) in [4.78, 5) is 23.7. The lowest BCUT2D eigenvalue weighted by atomic mass is 10.0. The van der Waals surface area contributed by atoms with Crippen molar-refractivity contribution in [1.29, 1.82) is 0 Å². The molecule has 0 spiro atoms. The summed E-state index contributed by atoms with van der Waals surface area (Å²) in [6, 6.07) is 0. The molecule has 0 aromatic rings. The average molecular weight is 217 g/mol. The fourth-order valence-electron chi connectivity index (χ4n) is 1.53. The fraction of sp³-hybridized carbons (Fsp3) is 0.778. The van der Waals surface area contributed by atoms with Crippen molar-refractivity contribution >= 4 is 12.0 Å². The Bertz CT molecular complexity index is 253. The number of carbonyl (C=O) groups is 2. The van der Waals surface area contributed by atoms with Gasteiger partial charge in [0.1, 0.15) is 0 Å². The van der Waals surface area contributed by atoms with E-state index in [0.717, 1.165) is 4.90 Å². The molecule has 1 aliphatic rings. The number of rotatable bonds is 2. The number of hydrogen-bond donors (Lipinski definition) is 0. The highest BCUT2D eigenvalue weighted by molar-refractivity contribution is 5.92. The van der Waals surface area contributed by atoms with Gasteiger partial charge in [0.2, 0.25) is 5.91 Å². The van der Waals surface area contributed by atoms with Crippen LogP contribution in [0.2, 0.25) is 0 Å². The van der Waals surface area contributed by atoms with Crippen LogP contribution in [-0.2, 0) is 19.0 Å². The van der Waals surface area contributed by atoms with Crippen molar-refractivity contribution in [3.63, 3.8) is 0 Å². The number of piperidine rings is 1. The number of likely N-dealkylation sites (tertiary alicyclic amines) is 1. The maximum absolute atomic E-state index is 11.4. The summed E-state index contributed by atoms with van der Waals surface area (Å²) in [6.45, 7) is 0.0610. The Morgan fingerprint density at radius 3 is 2.40 bits per heavy atom. The highest BCUT2D eigenvalue weighted by atomic mass is 16.7. The summed E-state index contributed by atoms with van der Waals surface area (Å²) < 4.78 is 14.9. The van der Waals surface area contributed by atoms with Crippen molar-refractivity contribution in [2.24, 2.45) is 0 Å². The number of imide groups is 1. The minimum atomic E-state index is -0.901. The van der Waals surface area contributed by atoms with Crippen LogP contribution in [0.5, 0.6) is 0 Å². The van der Waals surface area contributed by atoms with Gasteiger partial charge in [0.05, 0.1) is 13.7 Å². The first-order valence-corrected chi connectivity index (χ1v) is 4.57. The standard InChI is InChI=1S/C9H15NO5/c1-13-8(12)10-6-9(14-2,15-3)5-4-7(10)11/h4-6H2,1-3H3. The van der Waals surface area contributed by atoms with Crippen LogP contribution >= 0.6 is 0 Å². The molecule has 1 heterocycles. The van der Waals surface area contributed by atoms with E-state index in [1.807, 2.05) is 0 Å². The summed E-state index contributed by atoms with van der Waals surface area (Å²) in [5, 5.41) is 0. The van der Waals surface area contributed by atoms with Crippen LogP contribution in [0.25, 0.3) is 0 Å². The number of hydrogen-bond acceptors (Lipinski definition) is 5. The third-order valence-corrected chi connectivity index (χ3v) is 2.56. The Kier molecular flexibility index (Phi) is 3.65. The van der Waals surface area contributed by atoms with Crippen LogP contribution in [0.3, 0.4) is 0 Å². The topological polar surface area (TPSA) is 65.1 Å². The van der Waals surface area contributed by atoms with Gasteiger partial charge in [-0.25, -0.2) is 9.69 Å². The molecule has 0 radical (unpaired) electrons. The maximum atomic E-state index is 11.4. The molecule has 86 valence electrons. The van der Waals surface area contributed by atoms with Gasteiger partial charge in [0.15, 0.2) is 5.79 Å². The van der Waals surface area contributed by atoms with Crippen molar-refractivity contribution in [1.82, 2.24) is 4.90 Å². The lowest BCUT2D eigenvalue weighted by Gasteiger charge is -2.38. The fourth-order valence-corrected chi connectivity index (χ4v) is 1.53. The van der Waals surface area contributed by atoms with E-state index in [1.54, 1.807) is 0 Å². The molecule has 15 heavy (non-hydrogen) atoms. The second-order valence-corrected chi connectivity index (χ2v) is 3.27. The molecule has 1 fully saturated rings. The van der Waals surface area contributed by atoms with Crippen molar-refractivity contribution in [3.8, 4) is 0 Å². The SMILES string of the molecule is COC(=O)N1CC(OC)(OC)CCC1=O. The first kappa shape index (κ1) is 11.9. The molecule has 0 bridgehead atoms. The Balaban J connectivity index is 2.79. The number of ether oxygens (including phenoxy) is 3. The lowest BCUT2D eigenvalue weighted by molar-refractivity contribution is -0.227. The highest BCUT2D eigenvalue weighted by Crippen LogP contribution is 2.26. The molecule has 0 aromatic carbocycles. The van der Waals surface area contributed by atoms with Crippen LogP contribution in [0.1, 0.15) is 12.8 Å². The molecule has 6 heteroatoms. The molecule has 0 aliphatic carbocycles. The molecule has 0 aromatic heterocycles. The molecular weight excluding hydrogens is 202 g/mol. The highest BCUT2D eigenvalue weighted by Gasteiger charge is 2.42. The van der Waals surface area contributed by atoms with Gasteiger partial charge in [-0.05, 0) is 0 Å². The van der Waals surface area contributed by atoms with Gasteiger partial charge in [-0.2, -0.15) is 0 Å². The van der Waals surface area contributed by atoms with Gasteiger partial charge in [0, 0.05) is 27.1 Å². The molecule has 1 aliphatic heterocycles. The van der Waals surface area contributed by atoms with Crippen LogP contribution in [0, 0.1) is 0 Å². The molecule has 2 amide bonds. The summed E-state index contributed by atoms with van der Waals surface area (Å²) >= 11 is 0. The van der Waals surface area contributed by atoms with Crippen LogP contribution < -0.4 is 0 Å². The first-order valence-electron chi connectivity index (χ1n) is 4.57. The molecule has 0 unspecified atom stereocenters. The minimum Gasteiger partial charge on any atom is -0.452 e. The van der Waals surface area contributed by atoms with Crippen molar-refractivity contribution < 1.29 is 23.8 Å². The van der Waals surface area contributed by atoms with E-state index in [9.17, 15) is 9.59 Å². The van der Waals surface area contributed by atoms with Gasteiger partial charge in [-0.1, -0.05) is 0 Å². The Morgan fingerprint density at radius 1 is 1.33 bits per heavy atom. The van der Waals surface area contributed by atoms with E-state index in [-0.39, 0.29) is 18.9 Å². The Hall–Kier alpha value is -1.14. The third-order valence-electron chi connectivity index (χ3n) is 2.56. The summed E-state index contributed by atoms with van der Waals surface area (Å²) in [5.74, 6) is -1.17. The van der Waals surface area contributed by atoms with E-state index in [0.29, 0.717) is 6.42 Å². The van der Waals surface area contributed by atoms with Crippen LogP contribution in [0.15, 0.2) is 0 Å². The second kappa shape index (κ2) is 4.59. The zero-order chi connectivity index (χ0) is 11.5. The van der Waals surface area contributed by atoms with Crippen molar-refractivity contribution in [2.75, 3.05) is 27.9 Å². The summed E-state index contributed by atoms with van der Waals surface area (Å²) in [5.41, 5.74) is 0. The number of nitrogens with zero attached hydrogens (tertiary/aromatic N) is 1. The summed E-state index contributed by atoms with van der Waals surface area (Å²) in [7, 11) is 4.19. The molecule has 0 atom stereocenters. The van der Waals surface area contributed by atoms with Crippen molar-refractivity contribution in [3.05, 3.63) is 0 Å². The summed E-state index contributed by atoms with van der Waals surface area (Å²) in [6.07, 6.45) is -0.0403.